The van der Waals surface area contributed by atoms with Crippen LogP contribution < -0.4 is 0 Å². The van der Waals surface area contributed by atoms with E-state index in [9.17, 15) is 15.5 Å². The second-order valence-electron chi connectivity index (χ2n) is 6.35. The molecule has 0 bridgehead atoms. The smallest absolute Gasteiger partial charge is 0.0948 e. The van der Waals surface area contributed by atoms with Crippen molar-refractivity contribution in [3.8, 4) is 6.07 Å². The molecule has 0 aliphatic heterocycles. The minimum atomic E-state index is -0.602. The van der Waals surface area contributed by atoms with Crippen molar-refractivity contribution in [2.24, 2.45) is 17.3 Å². The first-order valence-electron chi connectivity index (χ1n) is 6.98. The maximum absolute atomic E-state index is 9.90. The van der Waals surface area contributed by atoms with Crippen molar-refractivity contribution in [2.45, 2.75) is 19.3 Å². The van der Waals surface area contributed by atoms with Crippen molar-refractivity contribution in [3.63, 3.8) is 0 Å². The Morgan fingerprint density at radius 3 is 2.55 bits per heavy atom. The molecule has 1 aromatic rings. The summed E-state index contributed by atoms with van der Waals surface area (Å²) in [6.45, 7) is 4.15. The zero-order chi connectivity index (χ0) is 14.5. The van der Waals surface area contributed by atoms with Gasteiger partial charge in [0, 0.05) is 12.5 Å². The van der Waals surface area contributed by atoms with E-state index in [0.717, 1.165) is 16.7 Å². The van der Waals surface area contributed by atoms with Gasteiger partial charge < -0.3 is 10.2 Å². The van der Waals surface area contributed by atoms with E-state index in [2.05, 4.69) is 19.9 Å². The van der Waals surface area contributed by atoms with Crippen LogP contribution in [-0.2, 0) is 5.41 Å². The van der Waals surface area contributed by atoms with Gasteiger partial charge in [0.05, 0.1) is 18.1 Å². The average Bonchev–Trinajstić information content (AvgIpc) is 2.45. The molecule has 104 valence electrons. The number of nitrogens with zero attached hydrogens (tertiary/aromatic N) is 1. The Hall–Kier alpha value is -1.63. The first-order valence-corrected chi connectivity index (χ1v) is 6.98. The minimum Gasteiger partial charge on any atom is -0.396 e. The molecule has 2 aliphatic carbocycles. The van der Waals surface area contributed by atoms with Crippen LogP contribution in [0.1, 0.15) is 25.0 Å². The summed E-state index contributed by atoms with van der Waals surface area (Å²) in [7, 11) is 0. The van der Waals surface area contributed by atoms with Gasteiger partial charge in [0.2, 0.25) is 0 Å². The van der Waals surface area contributed by atoms with Gasteiger partial charge in [-0.25, -0.2) is 0 Å². The molecule has 0 unspecified atom stereocenters. The standard InChI is InChI=1S/C17H19NO2/c1-16(2)15(9-20)14-7-11(8-19)12-5-3-4-6-13(12)17(14,16)10-18/h3-7,14-15,19-20H,8-9H2,1-2H3/t14-,15-,17-/m0/s1. The van der Waals surface area contributed by atoms with E-state index in [1.54, 1.807) is 0 Å². The van der Waals surface area contributed by atoms with Crippen LogP contribution in [0.2, 0.25) is 0 Å². The number of fused-ring (bicyclic) bond motifs is 3. The second kappa shape index (κ2) is 4.18. The monoisotopic (exact) mass is 269 g/mol. The van der Waals surface area contributed by atoms with Gasteiger partial charge >= 0.3 is 0 Å². The van der Waals surface area contributed by atoms with Crippen molar-refractivity contribution in [2.75, 3.05) is 13.2 Å². The molecule has 0 heterocycles. The number of allylic oxidation sites excluding steroid dienone is 1. The van der Waals surface area contributed by atoms with Crippen LogP contribution in [0.5, 0.6) is 0 Å². The van der Waals surface area contributed by atoms with Gasteiger partial charge in [-0.2, -0.15) is 5.26 Å². The van der Waals surface area contributed by atoms with Crippen LogP contribution in [-0.4, -0.2) is 23.4 Å². The predicted molar refractivity (Wildman–Crippen MR) is 76.6 cm³/mol. The number of hydrogen-bond donors (Lipinski definition) is 2. The van der Waals surface area contributed by atoms with E-state index < -0.39 is 5.41 Å². The zero-order valence-electron chi connectivity index (χ0n) is 11.8. The summed E-state index contributed by atoms with van der Waals surface area (Å²) < 4.78 is 0. The summed E-state index contributed by atoms with van der Waals surface area (Å²) in [6.07, 6.45) is 2.00. The van der Waals surface area contributed by atoms with Crippen LogP contribution in [0.3, 0.4) is 0 Å². The Morgan fingerprint density at radius 1 is 1.25 bits per heavy atom. The molecule has 2 N–H and O–H groups in total. The molecule has 20 heavy (non-hydrogen) atoms. The molecule has 3 nitrogen and oxygen atoms in total. The van der Waals surface area contributed by atoms with Crippen molar-refractivity contribution in [3.05, 3.63) is 41.5 Å². The summed E-state index contributed by atoms with van der Waals surface area (Å²) in [4.78, 5) is 0. The third-order valence-electron chi connectivity index (χ3n) is 5.50. The zero-order valence-corrected chi connectivity index (χ0v) is 11.8. The summed E-state index contributed by atoms with van der Waals surface area (Å²) in [5, 5.41) is 29.2. The number of benzene rings is 1. The van der Waals surface area contributed by atoms with Crippen molar-refractivity contribution in [1.82, 2.24) is 0 Å². The number of rotatable bonds is 2. The summed E-state index contributed by atoms with van der Waals surface area (Å²) in [5.41, 5.74) is 1.95. The van der Waals surface area contributed by atoms with Gasteiger partial charge in [-0.15, -0.1) is 0 Å². The van der Waals surface area contributed by atoms with E-state index in [1.165, 1.54) is 0 Å². The van der Waals surface area contributed by atoms with Crippen LogP contribution in [0.4, 0.5) is 0 Å². The highest BCUT2D eigenvalue weighted by atomic mass is 16.3. The Morgan fingerprint density at radius 2 is 1.95 bits per heavy atom. The first kappa shape index (κ1) is 13.4. The van der Waals surface area contributed by atoms with Crippen LogP contribution in [0.15, 0.2) is 30.3 Å². The lowest BCUT2D eigenvalue weighted by Gasteiger charge is -2.64. The van der Waals surface area contributed by atoms with Gasteiger partial charge in [0.15, 0.2) is 0 Å². The molecule has 2 aliphatic rings. The Labute approximate surface area is 119 Å². The third-order valence-corrected chi connectivity index (χ3v) is 5.50. The molecule has 0 amide bonds. The lowest BCUT2D eigenvalue weighted by atomic mass is 9.36. The minimum absolute atomic E-state index is 0.0236. The number of nitriles is 1. The maximum Gasteiger partial charge on any atom is 0.0948 e. The molecule has 0 spiro atoms. The second-order valence-corrected chi connectivity index (χ2v) is 6.35. The van der Waals surface area contributed by atoms with Crippen LogP contribution in [0.25, 0.3) is 5.57 Å². The van der Waals surface area contributed by atoms with Gasteiger partial charge in [-0.3, -0.25) is 0 Å². The van der Waals surface area contributed by atoms with Crippen molar-refractivity contribution < 1.29 is 10.2 Å². The topological polar surface area (TPSA) is 64.2 Å². The average molecular weight is 269 g/mol. The first-order chi connectivity index (χ1) is 9.54. The molecule has 3 heteroatoms. The molecular weight excluding hydrogens is 250 g/mol. The molecule has 1 aromatic carbocycles. The largest absolute Gasteiger partial charge is 0.396 e. The summed E-state index contributed by atoms with van der Waals surface area (Å²) in [5.74, 6) is 0.0293. The highest BCUT2D eigenvalue weighted by molar-refractivity contribution is 5.76. The quantitative estimate of drug-likeness (QED) is 0.864. The Bertz CT molecular complexity index is 626. The van der Waals surface area contributed by atoms with E-state index in [4.69, 9.17) is 0 Å². The molecular formula is C17H19NO2. The molecule has 1 saturated carbocycles. The molecule has 3 atom stereocenters. The molecule has 1 fully saturated rings. The highest BCUT2D eigenvalue weighted by Gasteiger charge is 2.68. The summed E-state index contributed by atoms with van der Waals surface area (Å²) in [6, 6.07) is 10.4. The molecule has 0 saturated heterocycles. The lowest BCUT2D eigenvalue weighted by molar-refractivity contribution is -0.0970. The normalized spacial score (nSPS) is 33.2. The number of aliphatic hydroxyl groups excluding tert-OH is 2. The van der Waals surface area contributed by atoms with E-state index in [0.29, 0.717) is 0 Å². The van der Waals surface area contributed by atoms with Crippen molar-refractivity contribution >= 4 is 5.57 Å². The molecule has 0 aromatic heterocycles. The van der Waals surface area contributed by atoms with Gasteiger partial charge in [0.25, 0.3) is 0 Å². The maximum atomic E-state index is 9.90. The number of aliphatic hydroxyl groups is 2. The molecule has 3 rings (SSSR count). The predicted octanol–water partition coefficient (Wildman–Crippen LogP) is 2.10. The highest BCUT2D eigenvalue weighted by Crippen LogP contribution is 2.67. The fraction of sp³-hybridized carbons (Fsp3) is 0.471. The van der Waals surface area contributed by atoms with E-state index >= 15 is 0 Å². The van der Waals surface area contributed by atoms with E-state index in [1.807, 2.05) is 30.3 Å². The van der Waals surface area contributed by atoms with E-state index in [-0.39, 0.29) is 30.5 Å². The SMILES string of the molecule is CC1(C)[C@@H](CO)[C@@H]2C=C(CO)c3ccccc3[C@@]21C#N. The van der Waals surface area contributed by atoms with Gasteiger partial charge in [-0.1, -0.05) is 44.2 Å². The van der Waals surface area contributed by atoms with Gasteiger partial charge in [0.1, 0.15) is 0 Å². The third kappa shape index (κ3) is 1.26. The lowest BCUT2D eigenvalue weighted by Crippen LogP contribution is -2.66. The van der Waals surface area contributed by atoms with Crippen molar-refractivity contribution in [1.29, 1.82) is 5.26 Å². The fourth-order valence-corrected chi connectivity index (χ4v) is 4.32. The Kier molecular flexibility index (Phi) is 2.79. The number of hydrogen-bond acceptors (Lipinski definition) is 3. The van der Waals surface area contributed by atoms with Crippen LogP contribution in [0, 0.1) is 28.6 Å². The van der Waals surface area contributed by atoms with Gasteiger partial charge in [-0.05, 0) is 28.0 Å². The summed E-state index contributed by atoms with van der Waals surface area (Å²) >= 11 is 0. The molecule has 0 radical (unpaired) electrons. The fourth-order valence-electron chi connectivity index (χ4n) is 4.32. The Balaban J connectivity index is 2.28. The van der Waals surface area contributed by atoms with Crippen LogP contribution >= 0.6 is 0 Å².